The van der Waals surface area contributed by atoms with Crippen molar-refractivity contribution in [2.24, 2.45) is 0 Å². The Balaban J connectivity index is 2.14. The fourth-order valence-electron chi connectivity index (χ4n) is 2.55. The Hall–Kier alpha value is -3.39. The van der Waals surface area contributed by atoms with E-state index < -0.39 is 5.91 Å². The van der Waals surface area contributed by atoms with Crippen molar-refractivity contribution in [2.45, 2.75) is 26.2 Å². The molecule has 2 aromatic rings. The van der Waals surface area contributed by atoms with Gasteiger partial charge >= 0.3 is 0 Å². The maximum absolute atomic E-state index is 12.4. The first-order chi connectivity index (χ1) is 13.1. The van der Waals surface area contributed by atoms with E-state index in [4.69, 9.17) is 0 Å². The minimum atomic E-state index is -0.492. The lowest BCUT2D eigenvalue weighted by molar-refractivity contribution is -0.112. The molecule has 0 aliphatic carbocycles. The molecule has 0 aromatic heterocycles. The number of carbonyl (C=O) groups is 2. The van der Waals surface area contributed by atoms with Gasteiger partial charge in [0, 0.05) is 25.3 Å². The summed E-state index contributed by atoms with van der Waals surface area (Å²) < 4.78 is 0. The molecule has 0 aliphatic heterocycles. The summed E-state index contributed by atoms with van der Waals surface area (Å²) in [5, 5.41) is 12.1. The Morgan fingerprint density at radius 1 is 1.00 bits per heavy atom. The number of rotatable bonds is 4. The second-order valence-electron chi connectivity index (χ2n) is 7.77. The molecule has 1 N–H and O–H groups in total. The summed E-state index contributed by atoms with van der Waals surface area (Å²) in [6.45, 7) is 6.39. The third kappa shape index (κ3) is 5.31. The van der Waals surface area contributed by atoms with E-state index in [1.165, 1.54) is 10.5 Å². The van der Waals surface area contributed by atoms with Crippen molar-refractivity contribution in [2.75, 3.05) is 19.4 Å². The number of hydrogen-bond acceptors (Lipinski definition) is 3. The van der Waals surface area contributed by atoms with Crippen molar-refractivity contribution in [3.63, 3.8) is 0 Å². The van der Waals surface area contributed by atoms with Gasteiger partial charge in [0.05, 0.1) is 0 Å². The van der Waals surface area contributed by atoms with E-state index in [1.807, 2.05) is 30.3 Å². The number of nitriles is 1. The first-order valence-corrected chi connectivity index (χ1v) is 8.97. The number of hydrogen-bond donors (Lipinski definition) is 1. The molecule has 0 saturated heterocycles. The molecule has 2 amide bonds. The van der Waals surface area contributed by atoms with E-state index in [0.29, 0.717) is 11.3 Å². The van der Waals surface area contributed by atoms with Gasteiger partial charge in [0.25, 0.3) is 11.8 Å². The Morgan fingerprint density at radius 2 is 1.57 bits per heavy atom. The van der Waals surface area contributed by atoms with Crippen LogP contribution in [0.25, 0.3) is 6.08 Å². The average Bonchev–Trinajstić information content (AvgIpc) is 2.65. The lowest BCUT2D eigenvalue weighted by Gasteiger charge is -2.18. The third-order valence-corrected chi connectivity index (χ3v) is 4.25. The molecule has 0 atom stereocenters. The van der Waals surface area contributed by atoms with Crippen LogP contribution in [0.15, 0.2) is 54.1 Å². The molecule has 28 heavy (non-hydrogen) atoms. The molecule has 2 aromatic carbocycles. The highest BCUT2D eigenvalue weighted by Crippen LogP contribution is 2.23. The van der Waals surface area contributed by atoms with E-state index >= 15 is 0 Å². The zero-order valence-corrected chi connectivity index (χ0v) is 16.9. The maximum atomic E-state index is 12.4. The third-order valence-electron chi connectivity index (χ3n) is 4.25. The average molecular weight is 375 g/mol. The quantitative estimate of drug-likeness (QED) is 0.642. The summed E-state index contributed by atoms with van der Waals surface area (Å²) in [6.07, 6.45) is 1.56. The molecule has 5 nitrogen and oxygen atoms in total. The van der Waals surface area contributed by atoms with Crippen LogP contribution in [0, 0.1) is 11.3 Å². The number of amides is 2. The molecule has 0 aliphatic rings. The van der Waals surface area contributed by atoms with Gasteiger partial charge in [0.2, 0.25) is 0 Å². The van der Waals surface area contributed by atoms with Crippen LogP contribution in [0.1, 0.15) is 42.3 Å². The summed E-state index contributed by atoms with van der Waals surface area (Å²) in [5.74, 6) is -0.608. The van der Waals surface area contributed by atoms with E-state index in [1.54, 1.807) is 44.4 Å². The van der Waals surface area contributed by atoms with Crippen LogP contribution in [-0.4, -0.2) is 30.8 Å². The normalized spacial score (nSPS) is 11.5. The van der Waals surface area contributed by atoms with E-state index in [-0.39, 0.29) is 16.9 Å². The predicted octanol–water partition coefficient (Wildman–Crippen LogP) is 4.23. The van der Waals surface area contributed by atoms with Gasteiger partial charge in [-0.3, -0.25) is 9.59 Å². The number of benzene rings is 2. The Kier molecular flexibility index (Phi) is 6.37. The van der Waals surface area contributed by atoms with Crippen molar-refractivity contribution < 1.29 is 9.59 Å². The summed E-state index contributed by atoms with van der Waals surface area (Å²) in [6, 6.07) is 16.3. The number of nitrogens with zero attached hydrogens (tertiary/aromatic N) is 2. The van der Waals surface area contributed by atoms with Crippen molar-refractivity contribution in [3.05, 3.63) is 70.8 Å². The molecule has 0 unspecified atom stereocenters. The van der Waals surface area contributed by atoms with Crippen LogP contribution in [0.4, 0.5) is 5.69 Å². The number of carbonyl (C=O) groups excluding carboxylic acids is 2. The molecule has 0 bridgehead atoms. The molecule has 144 valence electrons. The van der Waals surface area contributed by atoms with E-state index in [0.717, 1.165) is 5.56 Å². The summed E-state index contributed by atoms with van der Waals surface area (Å²) in [7, 11) is 3.35. The van der Waals surface area contributed by atoms with Crippen molar-refractivity contribution in [3.8, 4) is 6.07 Å². The van der Waals surface area contributed by atoms with Crippen LogP contribution in [0.2, 0.25) is 0 Å². The highest BCUT2D eigenvalue weighted by atomic mass is 16.2. The molecule has 0 spiro atoms. The van der Waals surface area contributed by atoms with Gasteiger partial charge in [-0.25, -0.2) is 0 Å². The van der Waals surface area contributed by atoms with Gasteiger partial charge in [-0.05, 0) is 46.9 Å². The standard InChI is InChI=1S/C23H25N3O2/c1-23(2,3)19-10-6-16(7-11-19)14-18(15-24)21(27)25-20-12-8-17(9-13-20)22(28)26(4)5/h6-14H,1-5H3,(H,25,27)/b18-14+. The minimum Gasteiger partial charge on any atom is -0.345 e. The fraction of sp³-hybridized carbons (Fsp3) is 0.261. The van der Waals surface area contributed by atoms with E-state index in [9.17, 15) is 14.9 Å². The smallest absolute Gasteiger partial charge is 0.266 e. The summed E-state index contributed by atoms with van der Waals surface area (Å²) in [4.78, 5) is 25.8. The lowest BCUT2D eigenvalue weighted by atomic mass is 9.86. The molecule has 5 heteroatoms. The van der Waals surface area contributed by atoms with Gasteiger partial charge < -0.3 is 10.2 Å². The summed E-state index contributed by atoms with van der Waals surface area (Å²) in [5.41, 5.74) is 3.06. The van der Waals surface area contributed by atoms with Crippen LogP contribution in [-0.2, 0) is 10.2 Å². The molecule has 0 fully saturated rings. The Labute approximate surface area is 166 Å². The largest absolute Gasteiger partial charge is 0.345 e. The van der Waals surface area contributed by atoms with Gasteiger partial charge in [0.1, 0.15) is 11.6 Å². The first kappa shape index (κ1) is 20.9. The monoisotopic (exact) mass is 375 g/mol. The van der Waals surface area contributed by atoms with Crippen molar-refractivity contribution >= 4 is 23.6 Å². The van der Waals surface area contributed by atoms with Crippen molar-refractivity contribution in [1.82, 2.24) is 4.90 Å². The second-order valence-corrected chi connectivity index (χ2v) is 7.77. The topological polar surface area (TPSA) is 73.2 Å². The molecule has 0 saturated carbocycles. The maximum Gasteiger partial charge on any atom is 0.266 e. The molecule has 0 heterocycles. The van der Waals surface area contributed by atoms with Gasteiger partial charge in [-0.1, -0.05) is 45.0 Å². The van der Waals surface area contributed by atoms with Gasteiger partial charge in [0.15, 0.2) is 0 Å². The number of anilines is 1. The zero-order chi connectivity index (χ0) is 20.9. The van der Waals surface area contributed by atoms with Gasteiger partial charge in [-0.2, -0.15) is 5.26 Å². The highest BCUT2D eigenvalue weighted by Gasteiger charge is 2.14. The first-order valence-electron chi connectivity index (χ1n) is 8.97. The lowest BCUT2D eigenvalue weighted by Crippen LogP contribution is -2.21. The van der Waals surface area contributed by atoms with E-state index in [2.05, 4.69) is 26.1 Å². The summed E-state index contributed by atoms with van der Waals surface area (Å²) >= 11 is 0. The molecule has 0 radical (unpaired) electrons. The molecular weight excluding hydrogens is 350 g/mol. The molecule has 2 rings (SSSR count). The second kappa shape index (κ2) is 8.53. The predicted molar refractivity (Wildman–Crippen MR) is 112 cm³/mol. The van der Waals surface area contributed by atoms with Gasteiger partial charge in [-0.15, -0.1) is 0 Å². The SMILES string of the molecule is CN(C)C(=O)c1ccc(NC(=O)/C(C#N)=C/c2ccc(C(C)(C)C)cc2)cc1. The zero-order valence-electron chi connectivity index (χ0n) is 16.9. The molecular formula is C23H25N3O2. The number of nitrogens with one attached hydrogen (secondary N) is 1. The van der Waals surface area contributed by atoms with Crippen LogP contribution in [0.3, 0.4) is 0 Å². The fourth-order valence-corrected chi connectivity index (χ4v) is 2.55. The Morgan fingerprint density at radius 3 is 2.04 bits per heavy atom. The van der Waals surface area contributed by atoms with Crippen LogP contribution < -0.4 is 5.32 Å². The minimum absolute atomic E-state index is 0.0111. The van der Waals surface area contributed by atoms with Crippen molar-refractivity contribution in [1.29, 1.82) is 5.26 Å². The van der Waals surface area contributed by atoms with Crippen LogP contribution in [0.5, 0.6) is 0 Å². The highest BCUT2D eigenvalue weighted by molar-refractivity contribution is 6.09. The Bertz CT molecular complexity index is 926. The van der Waals surface area contributed by atoms with Crippen LogP contribution >= 0.6 is 0 Å².